The van der Waals surface area contributed by atoms with Gasteiger partial charge in [-0.25, -0.2) is 0 Å². The van der Waals surface area contributed by atoms with E-state index in [1.54, 1.807) is 12.1 Å². The third-order valence-corrected chi connectivity index (χ3v) is 4.19. The van der Waals surface area contributed by atoms with Crippen LogP contribution in [0, 0.1) is 16.0 Å². The lowest BCUT2D eigenvalue weighted by Gasteiger charge is -2.30. The van der Waals surface area contributed by atoms with Crippen molar-refractivity contribution in [3.05, 3.63) is 33.9 Å². The van der Waals surface area contributed by atoms with Crippen LogP contribution in [0.5, 0.6) is 5.75 Å². The quantitative estimate of drug-likeness (QED) is 0.675. The summed E-state index contributed by atoms with van der Waals surface area (Å²) in [6, 6.07) is 5.10. The summed E-state index contributed by atoms with van der Waals surface area (Å²) in [5, 5.41) is 15.6. The number of nitro groups is 1. The van der Waals surface area contributed by atoms with Gasteiger partial charge in [0, 0.05) is 37.2 Å². The highest BCUT2D eigenvalue weighted by Crippen LogP contribution is 2.36. The molecule has 0 bridgehead atoms. The highest BCUT2D eigenvalue weighted by atomic mass is 16.6. The molecule has 0 amide bonds. The normalized spacial score (nSPS) is 25.0. The maximum atomic E-state index is 11.2. The van der Waals surface area contributed by atoms with E-state index in [1.807, 2.05) is 6.07 Å². The van der Waals surface area contributed by atoms with Gasteiger partial charge in [0.1, 0.15) is 0 Å². The summed E-state index contributed by atoms with van der Waals surface area (Å²) in [5.41, 5.74) is 5.17. The van der Waals surface area contributed by atoms with Gasteiger partial charge in [0.15, 0.2) is 5.75 Å². The molecule has 112 valence electrons. The predicted octanol–water partition coefficient (Wildman–Crippen LogP) is 1.56. The Labute approximate surface area is 122 Å². The van der Waals surface area contributed by atoms with Crippen LogP contribution in [0.2, 0.25) is 0 Å². The highest BCUT2D eigenvalue weighted by molar-refractivity contribution is 5.90. The Morgan fingerprint density at radius 1 is 1.52 bits per heavy atom. The van der Waals surface area contributed by atoms with E-state index >= 15 is 0 Å². The largest absolute Gasteiger partial charge is 0.490 e. The summed E-state index contributed by atoms with van der Waals surface area (Å²) in [7, 11) is 3.52. The van der Waals surface area contributed by atoms with Gasteiger partial charge in [-0.1, -0.05) is 6.07 Å². The van der Waals surface area contributed by atoms with Crippen LogP contribution in [-0.4, -0.2) is 42.8 Å². The third-order valence-electron chi connectivity index (χ3n) is 4.19. The Balaban J connectivity index is 1.91. The third kappa shape index (κ3) is 2.44. The summed E-state index contributed by atoms with van der Waals surface area (Å²) in [6.45, 7) is 1.92. The van der Waals surface area contributed by atoms with E-state index < -0.39 is 4.92 Å². The van der Waals surface area contributed by atoms with Crippen molar-refractivity contribution in [2.45, 2.75) is 12.5 Å². The Morgan fingerprint density at radius 2 is 2.33 bits per heavy atom. The second-order valence-corrected chi connectivity index (χ2v) is 5.52. The lowest BCUT2D eigenvalue weighted by molar-refractivity contribution is -0.385. The molecule has 21 heavy (non-hydrogen) atoms. The summed E-state index contributed by atoms with van der Waals surface area (Å²) < 4.78 is 5.05. The number of hydrogen-bond acceptors (Lipinski definition) is 6. The van der Waals surface area contributed by atoms with E-state index in [1.165, 1.54) is 7.11 Å². The minimum atomic E-state index is -0.411. The molecule has 7 nitrogen and oxygen atoms in total. The number of likely N-dealkylation sites (tertiary alicyclic amines) is 1. The molecule has 3 rings (SSSR count). The monoisotopic (exact) mass is 290 g/mol. The molecular weight excluding hydrogens is 272 g/mol. The van der Waals surface area contributed by atoms with Gasteiger partial charge in [0.05, 0.1) is 18.1 Å². The summed E-state index contributed by atoms with van der Waals surface area (Å²) in [6.07, 6.45) is 0.947. The molecule has 1 fully saturated rings. The molecule has 2 aliphatic rings. The van der Waals surface area contributed by atoms with Crippen molar-refractivity contribution in [3.8, 4) is 5.75 Å². The van der Waals surface area contributed by atoms with Crippen LogP contribution < -0.4 is 10.2 Å². The van der Waals surface area contributed by atoms with Crippen LogP contribution in [0.15, 0.2) is 23.3 Å². The number of piperidine rings is 1. The van der Waals surface area contributed by atoms with E-state index in [9.17, 15) is 10.1 Å². The average Bonchev–Trinajstić information content (AvgIpc) is 2.89. The van der Waals surface area contributed by atoms with Crippen molar-refractivity contribution in [2.24, 2.45) is 11.0 Å². The van der Waals surface area contributed by atoms with Crippen molar-refractivity contribution in [3.63, 3.8) is 0 Å². The Hall–Kier alpha value is -2.15. The Morgan fingerprint density at radius 3 is 3.05 bits per heavy atom. The van der Waals surface area contributed by atoms with E-state index in [4.69, 9.17) is 4.74 Å². The van der Waals surface area contributed by atoms with Crippen molar-refractivity contribution < 1.29 is 9.66 Å². The fraction of sp³-hybridized carbons (Fsp3) is 0.500. The molecule has 0 aliphatic carbocycles. The standard InChI is InChI=1S/C14H18N4O3/c1-17-6-5-11-10(8-17)14(16-15-11)9-3-4-13(21-2)12(7-9)18(19)20/h3-4,7,10,14,16H,5-6,8H2,1-2H3. The van der Waals surface area contributed by atoms with Crippen LogP contribution in [0.3, 0.4) is 0 Å². The van der Waals surface area contributed by atoms with Crippen LogP contribution in [0.1, 0.15) is 18.0 Å². The SMILES string of the molecule is COc1ccc(C2NN=C3CCN(C)CC32)cc1[N+](=O)[O-]. The van der Waals surface area contributed by atoms with Crippen molar-refractivity contribution in [2.75, 3.05) is 27.2 Å². The fourth-order valence-corrected chi connectivity index (χ4v) is 3.05. The van der Waals surface area contributed by atoms with Gasteiger partial charge >= 0.3 is 5.69 Å². The highest BCUT2D eigenvalue weighted by Gasteiger charge is 2.36. The number of methoxy groups -OCH3 is 1. The van der Waals surface area contributed by atoms with Gasteiger partial charge in [-0.15, -0.1) is 0 Å². The zero-order valence-electron chi connectivity index (χ0n) is 12.1. The van der Waals surface area contributed by atoms with E-state index in [-0.39, 0.29) is 23.4 Å². The predicted molar refractivity (Wildman–Crippen MR) is 78.6 cm³/mol. The number of fused-ring (bicyclic) bond motifs is 1. The number of nitro benzene ring substituents is 1. The molecule has 2 atom stereocenters. The molecule has 0 radical (unpaired) electrons. The minimum Gasteiger partial charge on any atom is -0.490 e. The maximum absolute atomic E-state index is 11.2. The zero-order chi connectivity index (χ0) is 15.0. The van der Waals surface area contributed by atoms with E-state index in [0.717, 1.165) is 30.8 Å². The number of nitrogens with one attached hydrogen (secondary N) is 1. The lowest BCUT2D eigenvalue weighted by atomic mass is 9.86. The van der Waals surface area contributed by atoms with Gasteiger partial charge in [0.25, 0.3) is 0 Å². The van der Waals surface area contributed by atoms with E-state index in [2.05, 4.69) is 22.5 Å². The number of benzene rings is 1. The van der Waals surface area contributed by atoms with Gasteiger partial charge in [-0.2, -0.15) is 5.10 Å². The second kappa shape index (κ2) is 5.33. The summed E-state index contributed by atoms with van der Waals surface area (Å²) >= 11 is 0. The first-order chi connectivity index (χ1) is 10.1. The summed E-state index contributed by atoms with van der Waals surface area (Å²) in [5.74, 6) is 0.556. The smallest absolute Gasteiger partial charge is 0.311 e. The Kier molecular flexibility index (Phi) is 3.50. The molecule has 0 aromatic heterocycles. The molecule has 0 saturated carbocycles. The lowest BCUT2D eigenvalue weighted by Crippen LogP contribution is -2.39. The molecule has 1 N–H and O–H groups in total. The molecule has 2 aliphatic heterocycles. The summed E-state index contributed by atoms with van der Waals surface area (Å²) in [4.78, 5) is 13.0. The van der Waals surface area contributed by atoms with Crippen LogP contribution >= 0.6 is 0 Å². The van der Waals surface area contributed by atoms with Crippen LogP contribution in [-0.2, 0) is 0 Å². The number of ether oxygens (including phenoxy) is 1. The Bertz CT molecular complexity index is 602. The second-order valence-electron chi connectivity index (χ2n) is 5.52. The average molecular weight is 290 g/mol. The van der Waals surface area contributed by atoms with Crippen molar-refractivity contribution >= 4 is 11.4 Å². The van der Waals surface area contributed by atoms with Crippen molar-refractivity contribution in [1.82, 2.24) is 10.3 Å². The number of hydrogen-bond donors (Lipinski definition) is 1. The van der Waals surface area contributed by atoms with E-state index in [0.29, 0.717) is 0 Å². The fourth-order valence-electron chi connectivity index (χ4n) is 3.05. The molecule has 1 aromatic carbocycles. The molecule has 7 heteroatoms. The number of hydrazone groups is 1. The molecule has 1 saturated heterocycles. The van der Waals surface area contributed by atoms with Gasteiger partial charge < -0.3 is 15.1 Å². The number of rotatable bonds is 3. The molecule has 0 spiro atoms. The maximum Gasteiger partial charge on any atom is 0.311 e. The van der Waals surface area contributed by atoms with Gasteiger partial charge in [-0.05, 0) is 18.7 Å². The minimum absolute atomic E-state index is 0.00517. The molecule has 2 heterocycles. The first-order valence-corrected chi connectivity index (χ1v) is 6.93. The first kappa shape index (κ1) is 13.8. The van der Waals surface area contributed by atoms with Crippen LogP contribution in [0.25, 0.3) is 0 Å². The van der Waals surface area contributed by atoms with Crippen LogP contribution in [0.4, 0.5) is 5.69 Å². The van der Waals surface area contributed by atoms with Gasteiger partial charge in [-0.3, -0.25) is 10.1 Å². The molecule has 2 unspecified atom stereocenters. The topological polar surface area (TPSA) is 80.0 Å². The first-order valence-electron chi connectivity index (χ1n) is 6.93. The molecule has 1 aromatic rings. The number of nitrogens with zero attached hydrogens (tertiary/aromatic N) is 3. The van der Waals surface area contributed by atoms with Crippen molar-refractivity contribution in [1.29, 1.82) is 0 Å². The molecular formula is C14H18N4O3. The van der Waals surface area contributed by atoms with Gasteiger partial charge in [0.2, 0.25) is 0 Å². The zero-order valence-corrected chi connectivity index (χ0v) is 12.1.